The average molecular weight is 252 g/mol. The highest BCUT2D eigenvalue weighted by Gasteiger charge is 2.15. The second kappa shape index (κ2) is 5.62. The Balaban J connectivity index is 2.78. The molecule has 96 valence electrons. The summed E-state index contributed by atoms with van der Waals surface area (Å²) in [4.78, 5) is 35.9. The van der Waals surface area contributed by atoms with Crippen LogP contribution in [0.4, 0.5) is 0 Å². The van der Waals surface area contributed by atoms with Crippen LogP contribution in [0.5, 0.6) is 5.75 Å². The van der Waals surface area contributed by atoms with Crippen LogP contribution in [0.1, 0.15) is 16.8 Å². The van der Waals surface area contributed by atoms with Crippen LogP contribution < -0.4 is 15.5 Å². The van der Waals surface area contributed by atoms with Crippen molar-refractivity contribution in [2.24, 2.45) is 0 Å². The fourth-order valence-electron chi connectivity index (χ4n) is 1.15. The molecular formula is C10H8N2O6-2. The molecule has 0 aliphatic rings. The van der Waals surface area contributed by atoms with Crippen LogP contribution in [0.2, 0.25) is 0 Å². The quantitative estimate of drug-likeness (QED) is 0.561. The highest BCUT2D eigenvalue weighted by molar-refractivity contribution is 5.97. The van der Waals surface area contributed by atoms with Gasteiger partial charge in [0.1, 0.15) is 5.75 Å². The van der Waals surface area contributed by atoms with Gasteiger partial charge in [0.15, 0.2) is 0 Å². The minimum Gasteiger partial charge on any atom is -0.550 e. The molecule has 8 nitrogen and oxygen atoms in total. The van der Waals surface area contributed by atoms with Crippen molar-refractivity contribution in [3.63, 3.8) is 0 Å². The smallest absolute Gasteiger partial charge is 0.253 e. The minimum atomic E-state index is -1.75. The number of carbonyl (C=O) groups excluding carboxylic acids is 3. The van der Waals surface area contributed by atoms with E-state index in [-0.39, 0.29) is 11.3 Å². The zero-order chi connectivity index (χ0) is 13.7. The lowest BCUT2D eigenvalue weighted by Crippen LogP contribution is -2.50. The van der Waals surface area contributed by atoms with Gasteiger partial charge in [0.25, 0.3) is 5.91 Å². The molecule has 1 heterocycles. The van der Waals surface area contributed by atoms with Crippen molar-refractivity contribution in [2.75, 3.05) is 0 Å². The molecule has 0 aliphatic heterocycles. The van der Waals surface area contributed by atoms with Crippen molar-refractivity contribution in [1.29, 1.82) is 0 Å². The maximum atomic E-state index is 11.5. The lowest BCUT2D eigenvalue weighted by Gasteiger charge is -2.19. The number of carboxylic acids is 2. The van der Waals surface area contributed by atoms with E-state index in [4.69, 9.17) is 5.11 Å². The summed E-state index contributed by atoms with van der Waals surface area (Å²) in [7, 11) is 0. The van der Waals surface area contributed by atoms with Gasteiger partial charge in [-0.25, -0.2) is 0 Å². The number of pyridine rings is 1. The third-order valence-electron chi connectivity index (χ3n) is 1.95. The largest absolute Gasteiger partial charge is 0.550 e. The Morgan fingerprint density at radius 3 is 2.50 bits per heavy atom. The molecule has 1 aromatic rings. The average Bonchev–Trinajstić information content (AvgIpc) is 2.27. The first-order valence-corrected chi connectivity index (χ1v) is 4.75. The molecule has 1 aromatic heterocycles. The molecule has 2 N–H and O–H groups in total. The Bertz CT molecular complexity index is 487. The van der Waals surface area contributed by atoms with Gasteiger partial charge in [-0.05, 0) is 6.07 Å². The topological polar surface area (TPSA) is 142 Å². The lowest BCUT2D eigenvalue weighted by atomic mass is 10.2. The van der Waals surface area contributed by atoms with E-state index in [0.29, 0.717) is 0 Å². The molecule has 0 aromatic carbocycles. The Kier molecular flexibility index (Phi) is 4.19. The zero-order valence-electron chi connectivity index (χ0n) is 8.95. The number of carbonyl (C=O) groups is 3. The molecule has 8 heteroatoms. The van der Waals surface area contributed by atoms with Crippen molar-refractivity contribution in [1.82, 2.24) is 10.3 Å². The van der Waals surface area contributed by atoms with E-state index in [2.05, 4.69) is 4.98 Å². The number of nitrogens with zero attached hydrogens (tertiary/aromatic N) is 1. The predicted molar refractivity (Wildman–Crippen MR) is 51.8 cm³/mol. The number of nitrogens with one attached hydrogen (secondary N) is 1. The van der Waals surface area contributed by atoms with Crippen molar-refractivity contribution in [3.05, 3.63) is 24.0 Å². The fraction of sp³-hybridized carbons (Fsp3) is 0.200. The van der Waals surface area contributed by atoms with E-state index in [1.165, 1.54) is 0 Å². The van der Waals surface area contributed by atoms with Crippen LogP contribution >= 0.6 is 0 Å². The summed E-state index contributed by atoms with van der Waals surface area (Å²) in [6, 6.07) is -0.668. The number of carboxylic acid groups (broad SMARTS) is 2. The number of aliphatic carboxylic acids is 2. The molecule has 1 amide bonds. The van der Waals surface area contributed by atoms with Gasteiger partial charge < -0.3 is 30.2 Å². The molecule has 0 saturated carbocycles. The van der Waals surface area contributed by atoms with Crippen LogP contribution in [-0.4, -0.2) is 34.0 Å². The summed E-state index contributed by atoms with van der Waals surface area (Å²) in [5.74, 6) is -4.57. The number of rotatable bonds is 5. The van der Waals surface area contributed by atoms with E-state index >= 15 is 0 Å². The highest BCUT2D eigenvalue weighted by Crippen LogP contribution is 2.08. The molecule has 18 heavy (non-hydrogen) atoms. The third kappa shape index (κ3) is 3.74. The number of aromatic hydroxyl groups is 1. The molecule has 0 bridgehead atoms. The summed E-state index contributed by atoms with van der Waals surface area (Å²) in [5.41, 5.74) is -0.111. The van der Waals surface area contributed by atoms with Gasteiger partial charge in [0.05, 0.1) is 23.8 Å². The monoisotopic (exact) mass is 252 g/mol. The summed E-state index contributed by atoms with van der Waals surface area (Å²) >= 11 is 0. The maximum absolute atomic E-state index is 11.5. The Morgan fingerprint density at radius 2 is 2.00 bits per heavy atom. The molecule has 1 rings (SSSR count). The second-order valence-electron chi connectivity index (χ2n) is 3.35. The molecule has 0 saturated heterocycles. The van der Waals surface area contributed by atoms with Crippen LogP contribution in [0.15, 0.2) is 18.5 Å². The zero-order valence-corrected chi connectivity index (χ0v) is 8.95. The summed E-state index contributed by atoms with van der Waals surface area (Å²) in [5, 5.41) is 31.9. The van der Waals surface area contributed by atoms with Crippen LogP contribution in [-0.2, 0) is 9.59 Å². The summed E-state index contributed by atoms with van der Waals surface area (Å²) < 4.78 is 0. The number of aromatic nitrogens is 1. The fourth-order valence-corrected chi connectivity index (χ4v) is 1.15. The van der Waals surface area contributed by atoms with Gasteiger partial charge in [-0.1, -0.05) is 0 Å². The first-order chi connectivity index (χ1) is 8.40. The summed E-state index contributed by atoms with van der Waals surface area (Å²) in [6.45, 7) is 0. The van der Waals surface area contributed by atoms with Crippen molar-refractivity contribution >= 4 is 17.8 Å². The number of hydrogen-bond donors (Lipinski definition) is 2. The van der Waals surface area contributed by atoms with Crippen molar-refractivity contribution in [3.8, 4) is 5.75 Å². The number of hydrogen-bond acceptors (Lipinski definition) is 7. The van der Waals surface area contributed by atoms with Gasteiger partial charge in [0.2, 0.25) is 0 Å². The molecule has 0 spiro atoms. The standard InChI is InChI=1S/C10H10N2O6/c13-6-1-5(3-11-4-6)9(16)12-7(10(17)18)2-8(14)15/h1,3-4,7,13H,2H2,(H,12,16)(H,14,15)(H,17,18)/p-2/t7-/m1/s1. The normalized spacial score (nSPS) is 11.6. The van der Waals surface area contributed by atoms with E-state index in [0.717, 1.165) is 18.5 Å². The Hall–Kier alpha value is -2.64. The molecular weight excluding hydrogens is 244 g/mol. The highest BCUT2D eigenvalue weighted by atomic mass is 16.4. The first-order valence-electron chi connectivity index (χ1n) is 4.75. The van der Waals surface area contributed by atoms with Crippen LogP contribution in [0.25, 0.3) is 0 Å². The molecule has 0 unspecified atom stereocenters. The van der Waals surface area contributed by atoms with E-state index in [9.17, 15) is 24.6 Å². The Labute approximate surface area is 101 Å². The molecule has 1 atom stereocenters. The maximum Gasteiger partial charge on any atom is 0.253 e. The lowest BCUT2D eigenvalue weighted by molar-refractivity contribution is -0.317. The summed E-state index contributed by atoms with van der Waals surface area (Å²) in [6.07, 6.45) is 1.24. The molecule has 0 fully saturated rings. The van der Waals surface area contributed by atoms with Crippen molar-refractivity contribution < 1.29 is 29.7 Å². The van der Waals surface area contributed by atoms with Crippen molar-refractivity contribution in [2.45, 2.75) is 12.5 Å². The molecule has 0 radical (unpaired) electrons. The Morgan fingerprint density at radius 1 is 1.33 bits per heavy atom. The van der Waals surface area contributed by atoms with Gasteiger partial charge in [-0.2, -0.15) is 0 Å². The van der Waals surface area contributed by atoms with Gasteiger partial charge in [-0.3, -0.25) is 9.78 Å². The van der Waals surface area contributed by atoms with Gasteiger partial charge in [-0.15, -0.1) is 0 Å². The van der Waals surface area contributed by atoms with Gasteiger partial charge in [0, 0.05) is 18.6 Å². The van der Waals surface area contributed by atoms with E-state index in [1.807, 2.05) is 5.32 Å². The number of amides is 1. The van der Waals surface area contributed by atoms with Gasteiger partial charge >= 0.3 is 0 Å². The van der Waals surface area contributed by atoms with Crippen LogP contribution in [0.3, 0.4) is 0 Å². The first kappa shape index (κ1) is 13.4. The van der Waals surface area contributed by atoms with Crippen LogP contribution in [0, 0.1) is 0 Å². The second-order valence-corrected chi connectivity index (χ2v) is 3.35. The SMILES string of the molecule is O=C([O-])C[C@@H](NC(=O)c1cncc(O)c1)C(=O)[O-]. The predicted octanol–water partition coefficient (Wildman–Crippen LogP) is -3.22. The van der Waals surface area contributed by atoms with E-state index < -0.39 is 30.3 Å². The third-order valence-corrected chi connectivity index (χ3v) is 1.95. The van der Waals surface area contributed by atoms with E-state index in [1.54, 1.807) is 0 Å². The minimum absolute atomic E-state index is 0.111. The molecule has 0 aliphatic carbocycles.